The van der Waals surface area contributed by atoms with Gasteiger partial charge < -0.3 is 15.4 Å². The van der Waals surface area contributed by atoms with Crippen LogP contribution in [0.4, 0.5) is 5.82 Å². The quantitative estimate of drug-likeness (QED) is 0.799. The van der Waals surface area contributed by atoms with Crippen molar-refractivity contribution in [2.24, 2.45) is 29.6 Å². The summed E-state index contributed by atoms with van der Waals surface area (Å²) in [5.74, 6) is 9.73. The summed E-state index contributed by atoms with van der Waals surface area (Å²) < 4.78 is 2.01. The summed E-state index contributed by atoms with van der Waals surface area (Å²) in [6.45, 7) is 5.14. The van der Waals surface area contributed by atoms with E-state index in [2.05, 4.69) is 40.6 Å². The number of aliphatic hydroxyl groups is 1. The third-order valence-electron chi connectivity index (χ3n) is 6.67. The van der Waals surface area contributed by atoms with Gasteiger partial charge in [-0.2, -0.15) is 0 Å². The van der Waals surface area contributed by atoms with Crippen molar-refractivity contribution in [3.63, 3.8) is 0 Å². The molecule has 27 heavy (non-hydrogen) atoms. The molecule has 0 amide bonds. The Morgan fingerprint density at radius 3 is 2.67 bits per heavy atom. The lowest BCUT2D eigenvalue weighted by molar-refractivity contribution is -0.152. The molecule has 4 aliphatic rings. The zero-order valence-electron chi connectivity index (χ0n) is 16.0. The van der Waals surface area contributed by atoms with Gasteiger partial charge in [-0.25, -0.2) is 15.0 Å². The van der Waals surface area contributed by atoms with Crippen LogP contribution < -0.4 is 5.73 Å². The van der Waals surface area contributed by atoms with Crippen LogP contribution in [0.25, 0.3) is 11.2 Å². The van der Waals surface area contributed by atoms with Gasteiger partial charge in [0.2, 0.25) is 5.82 Å². The molecular weight excluding hydrogens is 338 g/mol. The minimum absolute atomic E-state index is 0.0337. The molecule has 4 saturated carbocycles. The molecule has 0 spiro atoms. The van der Waals surface area contributed by atoms with Crippen molar-refractivity contribution in [3.05, 3.63) is 12.2 Å². The molecule has 142 valence electrons. The molecule has 3 N–H and O–H groups in total. The Morgan fingerprint density at radius 1 is 1.26 bits per heavy atom. The van der Waals surface area contributed by atoms with E-state index in [4.69, 9.17) is 5.73 Å². The first kappa shape index (κ1) is 17.0. The molecule has 0 saturated heterocycles. The van der Waals surface area contributed by atoms with Crippen molar-refractivity contribution in [2.45, 2.75) is 58.1 Å². The number of imidazole rings is 1. The predicted molar refractivity (Wildman–Crippen MR) is 103 cm³/mol. The first-order valence-electron chi connectivity index (χ1n) is 10.1. The molecule has 0 aliphatic heterocycles. The fraction of sp³-hybridized carbons (Fsp3) is 0.667. The van der Waals surface area contributed by atoms with Gasteiger partial charge in [-0.05, 0) is 61.7 Å². The molecule has 2 heterocycles. The third kappa shape index (κ3) is 2.80. The fourth-order valence-corrected chi connectivity index (χ4v) is 5.94. The zero-order chi connectivity index (χ0) is 18.8. The normalized spacial score (nSPS) is 34.2. The molecular formula is C21H27N5O. The van der Waals surface area contributed by atoms with Crippen LogP contribution >= 0.6 is 0 Å². The monoisotopic (exact) mass is 365 g/mol. The molecule has 3 atom stereocenters. The Hall–Kier alpha value is -2.13. The van der Waals surface area contributed by atoms with E-state index in [9.17, 15) is 5.11 Å². The Kier molecular flexibility index (Phi) is 3.74. The molecule has 0 aromatic carbocycles. The average molecular weight is 365 g/mol. The maximum atomic E-state index is 11.2. The summed E-state index contributed by atoms with van der Waals surface area (Å²) in [5.41, 5.74) is 6.87. The summed E-state index contributed by atoms with van der Waals surface area (Å²) in [7, 11) is 0. The first-order valence-corrected chi connectivity index (χ1v) is 10.1. The van der Waals surface area contributed by atoms with Crippen LogP contribution in [0.3, 0.4) is 0 Å². The first-order chi connectivity index (χ1) is 12.9. The second kappa shape index (κ2) is 5.93. The summed E-state index contributed by atoms with van der Waals surface area (Å²) in [6, 6.07) is 0. The van der Waals surface area contributed by atoms with Gasteiger partial charge in [-0.15, -0.1) is 0 Å². The Morgan fingerprint density at radius 2 is 2.00 bits per heavy atom. The van der Waals surface area contributed by atoms with Gasteiger partial charge in [0.05, 0.1) is 17.8 Å². The van der Waals surface area contributed by atoms with E-state index < -0.39 is 5.60 Å². The number of nitrogens with zero attached hydrogens (tertiary/aromatic N) is 4. The van der Waals surface area contributed by atoms with Crippen LogP contribution in [0, 0.1) is 41.4 Å². The largest absolute Gasteiger partial charge is 0.389 e. The van der Waals surface area contributed by atoms with Crippen molar-refractivity contribution in [1.82, 2.24) is 19.5 Å². The number of nitrogens with two attached hydrogens (primary N) is 1. The highest BCUT2D eigenvalue weighted by atomic mass is 16.3. The number of rotatable bonds is 2. The van der Waals surface area contributed by atoms with E-state index >= 15 is 0 Å². The van der Waals surface area contributed by atoms with Gasteiger partial charge in [-0.1, -0.05) is 19.8 Å². The van der Waals surface area contributed by atoms with E-state index in [1.54, 1.807) is 6.33 Å². The van der Waals surface area contributed by atoms with Crippen molar-refractivity contribution < 1.29 is 5.11 Å². The molecule has 3 unspecified atom stereocenters. The summed E-state index contributed by atoms with van der Waals surface area (Å²) in [5, 5.41) is 11.2. The minimum Gasteiger partial charge on any atom is -0.389 e. The molecule has 4 fully saturated rings. The Labute approximate surface area is 159 Å². The number of hydrogen-bond acceptors (Lipinski definition) is 5. The SMILES string of the molecule is CC(C)Cn1cnc2c(N)nc(C#CC3C4CC5CC(C4)CC3(O)C5)nc21. The lowest BCUT2D eigenvalue weighted by Crippen LogP contribution is -2.56. The number of aromatic nitrogens is 4. The van der Waals surface area contributed by atoms with Crippen molar-refractivity contribution in [3.8, 4) is 11.8 Å². The number of fused-ring (bicyclic) bond motifs is 1. The van der Waals surface area contributed by atoms with E-state index in [1.807, 2.05) is 4.57 Å². The fourth-order valence-electron chi connectivity index (χ4n) is 5.94. The zero-order valence-corrected chi connectivity index (χ0v) is 16.0. The lowest BCUT2D eigenvalue weighted by atomic mass is 9.50. The van der Waals surface area contributed by atoms with E-state index in [0.717, 1.165) is 25.0 Å². The molecule has 6 rings (SSSR count). The predicted octanol–water partition coefficient (Wildman–Crippen LogP) is 2.60. The van der Waals surface area contributed by atoms with Crippen molar-refractivity contribution >= 4 is 17.0 Å². The lowest BCUT2D eigenvalue weighted by Gasteiger charge is -2.57. The smallest absolute Gasteiger partial charge is 0.208 e. The minimum atomic E-state index is -0.614. The van der Waals surface area contributed by atoms with E-state index in [0.29, 0.717) is 40.8 Å². The molecule has 0 radical (unpaired) electrons. The highest BCUT2D eigenvalue weighted by Gasteiger charge is 2.55. The summed E-state index contributed by atoms with van der Waals surface area (Å²) >= 11 is 0. The molecule has 4 bridgehead atoms. The van der Waals surface area contributed by atoms with Gasteiger partial charge >= 0.3 is 0 Å². The van der Waals surface area contributed by atoms with Crippen LogP contribution in [0.15, 0.2) is 6.33 Å². The van der Waals surface area contributed by atoms with Crippen LogP contribution in [-0.2, 0) is 6.54 Å². The van der Waals surface area contributed by atoms with E-state index in [1.165, 1.54) is 19.3 Å². The van der Waals surface area contributed by atoms with Crippen LogP contribution in [-0.4, -0.2) is 30.2 Å². The second-order valence-electron chi connectivity index (χ2n) is 9.35. The number of nitrogen functional groups attached to an aromatic ring is 1. The highest BCUT2D eigenvalue weighted by Crippen LogP contribution is 2.58. The van der Waals surface area contributed by atoms with E-state index in [-0.39, 0.29) is 5.92 Å². The van der Waals surface area contributed by atoms with Gasteiger partial charge in [0.15, 0.2) is 11.5 Å². The number of anilines is 1. The van der Waals surface area contributed by atoms with Gasteiger partial charge in [0.1, 0.15) is 5.52 Å². The van der Waals surface area contributed by atoms with Gasteiger partial charge in [0.25, 0.3) is 0 Å². The molecule has 6 heteroatoms. The molecule has 6 nitrogen and oxygen atoms in total. The second-order valence-corrected chi connectivity index (χ2v) is 9.35. The standard InChI is InChI=1S/C21H27N5O/c1-12(2)10-26-11-23-18-19(22)24-17(25-20(18)26)4-3-16-15-6-13-5-14(7-15)9-21(16,27)8-13/h11-16,27H,5-10H2,1-2H3,(H2,22,24,25). The Balaban J connectivity index is 1.49. The molecule has 2 aromatic rings. The van der Waals surface area contributed by atoms with Crippen LogP contribution in [0.2, 0.25) is 0 Å². The summed E-state index contributed by atoms with van der Waals surface area (Å²) in [4.78, 5) is 13.3. The average Bonchev–Trinajstić information content (AvgIpc) is 2.95. The molecule has 2 aromatic heterocycles. The maximum Gasteiger partial charge on any atom is 0.208 e. The molecule has 4 aliphatic carbocycles. The van der Waals surface area contributed by atoms with Crippen LogP contribution in [0.1, 0.15) is 51.8 Å². The van der Waals surface area contributed by atoms with Gasteiger partial charge in [0, 0.05) is 6.54 Å². The number of hydrogen-bond donors (Lipinski definition) is 2. The third-order valence-corrected chi connectivity index (χ3v) is 6.67. The summed E-state index contributed by atoms with van der Waals surface area (Å²) in [6.07, 6.45) is 7.30. The van der Waals surface area contributed by atoms with Crippen molar-refractivity contribution in [2.75, 3.05) is 5.73 Å². The maximum absolute atomic E-state index is 11.2. The highest BCUT2D eigenvalue weighted by molar-refractivity contribution is 5.81. The van der Waals surface area contributed by atoms with Gasteiger partial charge in [-0.3, -0.25) is 0 Å². The van der Waals surface area contributed by atoms with Crippen molar-refractivity contribution in [1.29, 1.82) is 0 Å². The van der Waals surface area contributed by atoms with Crippen LogP contribution in [0.5, 0.6) is 0 Å². The Bertz CT molecular complexity index is 939. The topological polar surface area (TPSA) is 89.9 Å².